The van der Waals surface area contributed by atoms with Crippen molar-refractivity contribution >= 4 is 11.8 Å². The van der Waals surface area contributed by atoms with Gasteiger partial charge in [0.05, 0.1) is 12.2 Å². The highest BCUT2D eigenvalue weighted by Crippen LogP contribution is 2.32. The van der Waals surface area contributed by atoms with Gasteiger partial charge in [-0.25, -0.2) is 9.37 Å². The fourth-order valence-corrected chi connectivity index (χ4v) is 2.21. The van der Waals surface area contributed by atoms with E-state index in [9.17, 15) is 17.6 Å². The van der Waals surface area contributed by atoms with Crippen LogP contribution in [0.25, 0.3) is 0 Å². The standard InChI is InChI=1S/C13H9F4NOS/c14-10-5-8(7-19)1-3-11(10)20-12-4-2-9(6-18-12)13(15,16)17/h1-6,19H,7H2. The predicted octanol–water partition coefficient (Wildman–Crippen LogP) is 3.88. The minimum Gasteiger partial charge on any atom is -0.392 e. The van der Waals surface area contributed by atoms with Crippen molar-refractivity contribution in [3.05, 3.63) is 53.5 Å². The molecule has 2 nitrogen and oxygen atoms in total. The lowest BCUT2D eigenvalue weighted by Gasteiger charge is -2.07. The Hall–Kier alpha value is -1.60. The largest absolute Gasteiger partial charge is 0.417 e. The summed E-state index contributed by atoms with van der Waals surface area (Å²) in [4.78, 5) is 3.88. The highest BCUT2D eigenvalue weighted by Gasteiger charge is 2.30. The number of aromatic nitrogens is 1. The Bertz CT molecular complexity index is 598. The molecule has 0 saturated heterocycles. The van der Waals surface area contributed by atoms with Crippen LogP contribution in [-0.4, -0.2) is 10.1 Å². The average Bonchev–Trinajstić information content (AvgIpc) is 2.40. The van der Waals surface area contributed by atoms with Crippen LogP contribution in [0.1, 0.15) is 11.1 Å². The van der Waals surface area contributed by atoms with Crippen molar-refractivity contribution in [1.82, 2.24) is 4.98 Å². The Balaban J connectivity index is 2.18. The zero-order valence-corrected chi connectivity index (χ0v) is 10.8. The van der Waals surface area contributed by atoms with Gasteiger partial charge in [0.1, 0.15) is 10.8 Å². The third-order valence-corrected chi connectivity index (χ3v) is 3.46. The molecule has 2 aromatic rings. The minimum atomic E-state index is -4.44. The Morgan fingerprint density at radius 1 is 1.15 bits per heavy atom. The van der Waals surface area contributed by atoms with Gasteiger partial charge in [0, 0.05) is 11.1 Å². The van der Waals surface area contributed by atoms with E-state index in [1.807, 2.05) is 0 Å². The SMILES string of the molecule is OCc1ccc(Sc2ccc(C(F)(F)F)cn2)c(F)c1. The van der Waals surface area contributed by atoms with Crippen molar-refractivity contribution in [2.75, 3.05) is 0 Å². The van der Waals surface area contributed by atoms with Gasteiger partial charge in [0.2, 0.25) is 0 Å². The van der Waals surface area contributed by atoms with E-state index in [4.69, 9.17) is 5.11 Å². The molecule has 1 heterocycles. The average molecular weight is 303 g/mol. The molecule has 0 bridgehead atoms. The van der Waals surface area contributed by atoms with E-state index in [2.05, 4.69) is 4.98 Å². The normalized spacial score (nSPS) is 11.7. The van der Waals surface area contributed by atoms with Crippen LogP contribution in [0.15, 0.2) is 46.5 Å². The lowest BCUT2D eigenvalue weighted by atomic mass is 10.2. The van der Waals surface area contributed by atoms with E-state index in [-0.39, 0.29) is 16.5 Å². The first-order chi connectivity index (χ1) is 9.40. The second kappa shape index (κ2) is 5.80. The molecule has 106 valence electrons. The number of nitrogens with zero attached hydrogens (tertiary/aromatic N) is 1. The monoisotopic (exact) mass is 303 g/mol. The topological polar surface area (TPSA) is 33.1 Å². The Labute approximate surface area is 116 Å². The number of hydrogen-bond donors (Lipinski definition) is 1. The summed E-state index contributed by atoms with van der Waals surface area (Å²) in [6.07, 6.45) is -3.73. The molecule has 1 aromatic heterocycles. The summed E-state index contributed by atoms with van der Waals surface area (Å²) in [6, 6.07) is 6.25. The lowest BCUT2D eigenvalue weighted by molar-refractivity contribution is -0.137. The number of hydrogen-bond acceptors (Lipinski definition) is 3. The fourth-order valence-electron chi connectivity index (χ4n) is 1.45. The molecule has 0 aliphatic rings. The Morgan fingerprint density at radius 2 is 1.90 bits per heavy atom. The highest BCUT2D eigenvalue weighted by atomic mass is 32.2. The maximum absolute atomic E-state index is 13.7. The highest BCUT2D eigenvalue weighted by molar-refractivity contribution is 7.99. The number of halogens is 4. The van der Waals surface area contributed by atoms with Gasteiger partial charge in [-0.3, -0.25) is 0 Å². The molecule has 1 N–H and O–H groups in total. The molecule has 0 atom stereocenters. The van der Waals surface area contributed by atoms with Gasteiger partial charge in [-0.1, -0.05) is 17.8 Å². The van der Waals surface area contributed by atoms with Gasteiger partial charge in [-0.15, -0.1) is 0 Å². The molecule has 0 aliphatic heterocycles. The van der Waals surface area contributed by atoms with Gasteiger partial charge < -0.3 is 5.11 Å². The molecule has 0 aliphatic carbocycles. The first kappa shape index (κ1) is 14.8. The molecule has 2 rings (SSSR count). The van der Waals surface area contributed by atoms with E-state index in [0.717, 1.165) is 17.8 Å². The van der Waals surface area contributed by atoms with Crippen LogP contribution in [0, 0.1) is 5.82 Å². The van der Waals surface area contributed by atoms with Crippen LogP contribution in [0.4, 0.5) is 17.6 Å². The molecule has 0 unspecified atom stereocenters. The van der Waals surface area contributed by atoms with Crippen molar-refractivity contribution in [3.8, 4) is 0 Å². The molecule has 0 radical (unpaired) electrons. The summed E-state index contributed by atoms with van der Waals surface area (Å²) >= 11 is 0.918. The van der Waals surface area contributed by atoms with Crippen molar-refractivity contribution in [1.29, 1.82) is 0 Å². The molecule has 0 saturated carbocycles. The van der Waals surface area contributed by atoms with E-state index >= 15 is 0 Å². The molecule has 0 fully saturated rings. The number of aliphatic hydroxyl groups is 1. The zero-order chi connectivity index (χ0) is 14.8. The number of alkyl halides is 3. The summed E-state index contributed by atoms with van der Waals surface area (Å²) in [5, 5.41) is 9.12. The molecular formula is C13H9F4NOS. The van der Waals surface area contributed by atoms with Crippen LogP contribution >= 0.6 is 11.8 Å². The summed E-state index contributed by atoms with van der Waals surface area (Å²) in [5.41, 5.74) is -0.426. The van der Waals surface area contributed by atoms with Crippen molar-refractivity contribution in [2.24, 2.45) is 0 Å². The summed E-state index contributed by atoms with van der Waals surface area (Å²) in [5.74, 6) is -0.553. The number of aliphatic hydroxyl groups excluding tert-OH is 1. The van der Waals surface area contributed by atoms with Gasteiger partial charge in [0.25, 0.3) is 0 Å². The third kappa shape index (κ3) is 3.49. The first-order valence-electron chi connectivity index (χ1n) is 5.50. The quantitative estimate of drug-likeness (QED) is 0.873. The van der Waals surface area contributed by atoms with Gasteiger partial charge in [-0.05, 0) is 29.8 Å². The molecule has 7 heteroatoms. The number of pyridine rings is 1. The van der Waals surface area contributed by atoms with Crippen molar-refractivity contribution < 1.29 is 22.7 Å². The van der Waals surface area contributed by atoms with E-state index < -0.39 is 17.6 Å². The van der Waals surface area contributed by atoms with E-state index in [1.54, 1.807) is 0 Å². The molecule has 0 amide bonds. The maximum Gasteiger partial charge on any atom is 0.417 e. The minimum absolute atomic E-state index is 0.231. The third-order valence-electron chi connectivity index (χ3n) is 2.46. The van der Waals surface area contributed by atoms with Crippen LogP contribution in [0.3, 0.4) is 0 Å². The van der Waals surface area contributed by atoms with Crippen LogP contribution in [-0.2, 0) is 12.8 Å². The molecular weight excluding hydrogens is 294 g/mol. The summed E-state index contributed by atoms with van der Waals surface area (Å²) < 4.78 is 50.7. The Morgan fingerprint density at radius 3 is 2.40 bits per heavy atom. The molecule has 0 spiro atoms. The molecule has 1 aromatic carbocycles. The van der Waals surface area contributed by atoms with Crippen LogP contribution in [0.5, 0.6) is 0 Å². The van der Waals surface area contributed by atoms with E-state index in [1.165, 1.54) is 24.3 Å². The molecule has 20 heavy (non-hydrogen) atoms. The predicted molar refractivity (Wildman–Crippen MR) is 65.7 cm³/mol. The summed E-state index contributed by atoms with van der Waals surface area (Å²) in [6.45, 7) is -0.277. The second-order valence-electron chi connectivity index (χ2n) is 3.91. The maximum atomic E-state index is 13.7. The van der Waals surface area contributed by atoms with Gasteiger partial charge >= 0.3 is 6.18 Å². The fraction of sp³-hybridized carbons (Fsp3) is 0.154. The lowest BCUT2D eigenvalue weighted by Crippen LogP contribution is -2.05. The van der Waals surface area contributed by atoms with Crippen molar-refractivity contribution in [2.45, 2.75) is 22.7 Å². The number of rotatable bonds is 3. The van der Waals surface area contributed by atoms with Crippen LogP contribution in [0.2, 0.25) is 0 Å². The van der Waals surface area contributed by atoms with Crippen LogP contribution < -0.4 is 0 Å². The van der Waals surface area contributed by atoms with Crippen molar-refractivity contribution in [3.63, 3.8) is 0 Å². The first-order valence-corrected chi connectivity index (χ1v) is 6.32. The second-order valence-corrected chi connectivity index (χ2v) is 4.97. The zero-order valence-electron chi connectivity index (χ0n) is 9.99. The van der Waals surface area contributed by atoms with E-state index in [0.29, 0.717) is 11.8 Å². The number of benzene rings is 1. The van der Waals surface area contributed by atoms with Gasteiger partial charge in [-0.2, -0.15) is 13.2 Å². The smallest absolute Gasteiger partial charge is 0.392 e. The van der Waals surface area contributed by atoms with Gasteiger partial charge in [0.15, 0.2) is 0 Å². The summed E-state index contributed by atoms with van der Waals surface area (Å²) in [7, 11) is 0. The Kier molecular flexibility index (Phi) is 4.29.